The number of nitrogens with zero attached hydrogens (tertiary/aromatic N) is 2. The zero-order chi connectivity index (χ0) is 17.0. The lowest BCUT2D eigenvalue weighted by Crippen LogP contribution is -2.30. The number of sulfonamides is 1. The van der Waals surface area contributed by atoms with Gasteiger partial charge in [0.25, 0.3) is 15.9 Å². The van der Waals surface area contributed by atoms with E-state index in [-0.39, 0.29) is 10.5 Å². The van der Waals surface area contributed by atoms with Crippen molar-refractivity contribution >= 4 is 15.9 Å². The smallest absolute Gasteiger partial charge is 0.268 e. The third-order valence-corrected chi connectivity index (χ3v) is 4.69. The molecular weight excluding hydrogens is 318 g/mol. The van der Waals surface area contributed by atoms with Gasteiger partial charge in [0.2, 0.25) is 0 Å². The lowest BCUT2D eigenvalue weighted by molar-refractivity contribution is 0.0980. The van der Waals surface area contributed by atoms with Crippen LogP contribution in [0.25, 0.3) is 0 Å². The number of methoxy groups -OCH3 is 1. The number of hydrogen-bond donors (Lipinski definition) is 1. The number of aromatic nitrogens is 2. The first-order valence-corrected chi connectivity index (χ1v) is 8.61. The molecule has 8 heteroatoms. The van der Waals surface area contributed by atoms with Crippen LogP contribution < -0.4 is 9.46 Å². The molecule has 0 saturated carbocycles. The van der Waals surface area contributed by atoms with Crippen molar-refractivity contribution in [3.8, 4) is 5.75 Å². The molecule has 0 fully saturated rings. The summed E-state index contributed by atoms with van der Waals surface area (Å²) in [5, 5.41) is 4.10. The molecule has 0 unspecified atom stereocenters. The summed E-state index contributed by atoms with van der Waals surface area (Å²) < 4.78 is 33.4. The van der Waals surface area contributed by atoms with Crippen molar-refractivity contribution < 1.29 is 17.9 Å². The number of carbonyl (C=O) groups excluding carboxylic acids is 1. The lowest BCUT2D eigenvalue weighted by atomic mass is 10.2. The van der Waals surface area contributed by atoms with Gasteiger partial charge in [0.05, 0.1) is 23.8 Å². The van der Waals surface area contributed by atoms with Gasteiger partial charge in [-0.25, -0.2) is 13.1 Å². The fraction of sp³-hybridized carbons (Fsp3) is 0.333. The van der Waals surface area contributed by atoms with Crippen LogP contribution in [0.4, 0.5) is 0 Å². The average molecular weight is 337 g/mol. The Morgan fingerprint density at radius 3 is 2.78 bits per heavy atom. The largest absolute Gasteiger partial charge is 0.497 e. The Morgan fingerprint density at radius 2 is 2.13 bits per heavy atom. The predicted molar refractivity (Wildman–Crippen MR) is 84.9 cm³/mol. The summed E-state index contributed by atoms with van der Waals surface area (Å²) in [6.45, 7) is 4.39. The van der Waals surface area contributed by atoms with E-state index < -0.39 is 15.9 Å². The highest BCUT2D eigenvalue weighted by Crippen LogP contribution is 2.17. The maximum absolute atomic E-state index is 12.3. The second-order valence-electron chi connectivity index (χ2n) is 4.98. The summed E-state index contributed by atoms with van der Waals surface area (Å²) in [5.74, 6) is -0.306. The van der Waals surface area contributed by atoms with Gasteiger partial charge in [0.1, 0.15) is 5.75 Å². The number of rotatable bonds is 6. The molecule has 1 aromatic heterocycles. The van der Waals surface area contributed by atoms with E-state index in [1.807, 2.05) is 6.92 Å². The molecule has 0 atom stereocenters. The fourth-order valence-electron chi connectivity index (χ4n) is 2.11. The van der Waals surface area contributed by atoms with Crippen LogP contribution in [0, 0.1) is 6.92 Å². The first-order chi connectivity index (χ1) is 10.9. The monoisotopic (exact) mass is 337 g/mol. The van der Waals surface area contributed by atoms with Crippen LogP contribution in [0.2, 0.25) is 0 Å². The summed E-state index contributed by atoms with van der Waals surface area (Å²) in [6.07, 6.45) is 2.24. The molecule has 1 N–H and O–H groups in total. The summed E-state index contributed by atoms with van der Waals surface area (Å²) >= 11 is 0. The van der Waals surface area contributed by atoms with Crippen LogP contribution in [-0.2, 0) is 16.6 Å². The molecule has 1 amide bonds. The Hall–Kier alpha value is -2.35. The van der Waals surface area contributed by atoms with Gasteiger partial charge in [0, 0.05) is 18.3 Å². The molecule has 0 saturated heterocycles. The maximum Gasteiger partial charge on any atom is 0.268 e. The SMILES string of the molecule is CCCn1ncc(C(=O)NS(=O)(=O)c2cccc(OC)c2)c1C. The Bertz CT molecular complexity index is 812. The standard InChI is InChI=1S/C15H19N3O4S/c1-4-8-18-11(2)14(10-16-18)15(19)17-23(20,21)13-7-5-6-12(9-13)22-3/h5-7,9-10H,4,8H2,1-3H3,(H,17,19). The van der Waals surface area contributed by atoms with Crippen molar-refractivity contribution in [3.63, 3.8) is 0 Å². The molecule has 0 aliphatic carbocycles. The minimum Gasteiger partial charge on any atom is -0.497 e. The van der Waals surface area contributed by atoms with Crippen molar-refractivity contribution in [2.75, 3.05) is 7.11 Å². The number of benzene rings is 1. The lowest BCUT2D eigenvalue weighted by Gasteiger charge is -2.08. The summed E-state index contributed by atoms with van der Waals surface area (Å²) in [5.41, 5.74) is 0.870. The molecule has 1 aromatic carbocycles. The summed E-state index contributed by atoms with van der Waals surface area (Å²) in [4.78, 5) is 12.2. The molecule has 0 aliphatic heterocycles. The van der Waals surface area contributed by atoms with E-state index in [4.69, 9.17) is 4.74 Å². The van der Waals surface area contributed by atoms with Gasteiger partial charge in [-0.1, -0.05) is 13.0 Å². The number of amides is 1. The second-order valence-corrected chi connectivity index (χ2v) is 6.66. The van der Waals surface area contributed by atoms with Crippen molar-refractivity contribution in [1.29, 1.82) is 0 Å². The maximum atomic E-state index is 12.3. The molecule has 2 rings (SSSR count). The van der Waals surface area contributed by atoms with E-state index in [1.54, 1.807) is 23.7 Å². The summed E-state index contributed by atoms with van der Waals surface area (Å²) in [6, 6.07) is 5.91. The zero-order valence-corrected chi connectivity index (χ0v) is 14.1. The molecule has 0 aliphatic rings. The van der Waals surface area contributed by atoms with Crippen molar-refractivity contribution in [3.05, 3.63) is 41.7 Å². The topological polar surface area (TPSA) is 90.3 Å². The highest BCUT2D eigenvalue weighted by molar-refractivity contribution is 7.90. The average Bonchev–Trinajstić information content (AvgIpc) is 2.88. The third-order valence-electron chi connectivity index (χ3n) is 3.36. The van der Waals surface area contributed by atoms with Gasteiger partial charge in [-0.3, -0.25) is 9.48 Å². The van der Waals surface area contributed by atoms with Crippen LogP contribution in [0.5, 0.6) is 5.75 Å². The quantitative estimate of drug-likeness (QED) is 0.867. The van der Waals surface area contributed by atoms with Crippen LogP contribution in [0.15, 0.2) is 35.4 Å². The van der Waals surface area contributed by atoms with Crippen LogP contribution in [0.1, 0.15) is 29.4 Å². The molecule has 1 heterocycles. The first-order valence-electron chi connectivity index (χ1n) is 7.12. The van der Waals surface area contributed by atoms with Crippen molar-refractivity contribution in [1.82, 2.24) is 14.5 Å². The second kappa shape index (κ2) is 6.82. The number of aryl methyl sites for hydroxylation is 1. The van der Waals surface area contributed by atoms with Gasteiger partial charge >= 0.3 is 0 Å². The molecule has 2 aromatic rings. The highest BCUT2D eigenvalue weighted by atomic mass is 32.2. The number of nitrogens with one attached hydrogen (secondary N) is 1. The zero-order valence-electron chi connectivity index (χ0n) is 13.2. The van der Waals surface area contributed by atoms with E-state index in [0.717, 1.165) is 6.42 Å². The normalized spacial score (nSPS) is 11.3. The Morgan fingerprint density at radius 1 is 1.39 bits per heavy atom. The Labute approximate surface area is 135 Å². The highest BCUT2D eigenvalue weighted by Gasteiger charge is 2.22. The van der Waals surface area contributed by atoms with E-state index in [1.165, 1.54) is 25.4 Å². The number of ether oxygens (including phenoxy) is 1. The molecule has 0 radical (unpaired) electrons. The number of hydrogen-bond acceptors (Lipinski definition) is 5. The molecule has 23 heavy (non-hydrogen) atoms. The molecule has 0 spiro atoms. The van der Waals surface area contributed by atoms with Crippen LogP contribution >= 0.6 is 0 Å². The predicted octanol–water partition coefficient (Wildman–Crippen LogP) is 1.73. The van der Waals surface area contributed by atoms with Gasteiger partial charge < -0.3 is 4.74 Å². The van der Waals surface area contributed by atoms with E-state index in [2.05, 4.69) is 9.82 Å². The fourth-order valence-corrected chi connectivity index (χ4v) is 3.11. The Balaban J connectivity index is 2.24. The first kappa shape index (κ1) is 17.0. The molecular formula is C15H19N3O4S. The van der Waals surface area contributed by atoms with E-state index in [0.29, 0.717) is 18.0 Å². The van der Waals surface area contributed by atoms with Crippen molar-refractivity contribution in [2.45, 2.75) is 31.7 Å². The van der Waals surface area contributed by atoms with E-state index in [9.17, 15) is 13.2 Å². The number of carbonyl (C=O) groups is 1. The van der Waals surface area contributed by atoms with Gasteiger partial charge in [-0.2, -0.15) is 5.10 Å². The third kappa shape index (κ3) is 3.70. The van der Waals surface area contributed by atoms with E-state index >= 15 is 0 Å². The molecule has 124 valence electrons. The summed E-state index contributed by atoms with van der Waals surface area (Å²) in [7, 11) is -2.54. The minimum atomic E-state index is -3.98. The van der Waals surface area contributed by atoms with Crippen LogP contribution in [0.3, 0.4) is 0 Å². The Kier molecular flexibility index (Phi) is 5.05. The van der Waals surface area contributed by atoms with Gasteiger partial charge in [0.15, 0.2) is 0 Å². The van der Waals surface area contributed by atoms with Gasteiger partial charge in [-0.05, 0) is 25.5 Å². The minimum absolute atomic E-state index is 0.0381. The van der Waals surface area contributed by atoms with Crippen molar-refractivity contribution in [2.24, 2.45) is 0 Å². The van der Waals surface area contributed by atoms with Gasteiger partial charge in [-0.15, -0.1) is 0 Å². The molecule has 7 nitrogen and oxygen atoms in total. The van der Waals surface area contributed by atoms with Crippen LogP contribution in [-0.4, -0.2) is 31.2 Å². The molecule has 0 bridgehead atoms.